The summed E-state index contributed by atoms with van der Waals surface area (Å²) in [5.74, 6) is -0.744. The number of carbonyl (C=O) groups excluding carboxylic acids is 3. The summed E-state index contributed by atoms with van der Waals surface area (Å²) < 4.78 is 0. The maximum atomic E-state index is 12.7. The predicted molar refractivity (Wildman–Crippen MR) is 107 cm³/mol. The summed E-state index contributed by atoms with van der Waals surface area (Å²) in [5, 5.41) is 8.47. The van der Waals surface area contributed by atoms with E-state index in [2.05, 4.69) is 15.6 Å². The number of benzene rings is 1. The lowest BCUT2D eigenvalue weighted by Gasteiger charge is -2.16. The van der Waals surface area contributed by atoms with E-state index >= 15 is 0 Å². The fourth-order valence-electron chi connectivity index (χ4n) is 3.42. The first-order valence-electron chi connectivity index (χ1n) is 9.02. The molecule has 7 nitrogen and oxygen atoms in total. The molecule has 1 saturated heterocycles. The third kappa shape index (κ3) is 3.50. The molecule has 3 heterocycles. The van der Waals surface area contributed by atoms with Gasteiger partial charge in [0.25, 0.3) is 5.91 Å². The van der Waals surface area contributed by atoms with Crippen LogP contribution in [-0.4, -0.2) is 40.3 Å². The van der Waals surface area contributed by atoms with Crippen molar-refractivity contribution in [2.75, 3.05) is 6.54 Å². The molecule has 2 atom stereocenters. The molecule has 4 rings (SSSR count). The van der Waals surface area contributed by atoms with Gasteiger partial charge in [-0.15, -0.1) is 11.3 Å². The molecule has 1 aliphatic heterocycles. The van der Waals surface area contributed by atoms with Crippen LogP contribution in [-0.2, 0) is 16.0 Å². The van der Waals surface area contributed by atoms with E-state index in [4.69, 9.17) is 0 Å². The zero-order valence-electron chi connectivity index (χ0n) is 15.3. The lowest BCUT2D eigenvalue weighted by atomic mass is 10.1. The number of imide groups is 1. The summed E-state index contributed by atoms with van der Waals surface area (Å²) in [6, 6.07) is 10.3. The second kappa shape index (κ2) is 7.47. The van der Waals surface area contributed by atoms with Gasteiger partial charge in [0.1, 0.15) is 12.6 Å². The standard InChI is InChI=1S/C20H20N4O3S/c1-12(17-7-4-8-28-17)22-18(25)11-24-19(26)16(23-20(24)27)9-13-10-21-15-6-3-2-5-14(13)15/h2-8,10,12,16,21H,9,11H2,1H3,(H,22,25)(H,23,27). The third-order valence-electron chi connectivity index (χ3n) is 4.86. The van der Waals surface area contributed by atoms with E-state index in [1.165, 1.54) is 0 Å². The Morgan fingerprint density at radius 1 is 1.25 bits per heavy atom. The first kappa shape index (κ1) is 18.2. The van der Waals surface area contributed by atoms with Gasteiger partial charge in [-0.2, -0.15) is 0 Å². The first-order valence-corrected chi connectivity index (χ1v) is 9.90. The number of thiophene rings is 1. The summed E-state index contributed by atoms with van der Waals surface area (Å²) in [6.07, 6.45) is 2.22. The van der Waals surface area contributed by atoms with Crippen molar-refractivity contribution in [2.24, 2.45) is 0 Å². The van der Waals surface area contributed by atoms with Crippen LogP contribution in [0.25, 0.3) is 10.9 Å². The van der Waals surface area contributed by atoms with Gasteiger partial charge >= 0.3 is 6.03 Å². The van der Waals surface area contributed by atoms with Gasteiger partial charge in [-0.3, -0.25) is 14.5 Å². The molecular formula is C20H20N4O3S. The maximum absolute atomic E-state index is 12.7. The molecular weight excluding hydrogens is 376 g/mol. The number of rotatable bonds is 6. The Balaban J connectivity index is 1.40. The number of carbonyl (C=O) groups is 3. The van der Waals surface area contributed by atoms with Crippen LogP contribution >= 0.6 is 11.3 Å². The van der Waals surface area contributed by atoms with Crippen LogP contribution in [0.4, 0.5) is 4.79 Å². The van der Waals surface area contributed by atoms with Gasteiger partial charge in [-0.05, 0) is 30.0 Å². The topological polar surface area (TPSA) is 94.3 Å². The van der Waals surface area contributed by atoms with Crippen molar-refractivity contribution in [1.29, 1.82) is 0 Å². The second-order valence-corrected chi connectivity index (χ2v) is 7.77. The molecule has 1 fully saturated rings. The van der Waals surface area contributed by atoms with Gasteiger partial charge in [0.15, 0.2) is 0 Å². The van der Waals surface area contributed by atoms with E-state index in [9.17, 15) is 14.4 Å². The zero-order valence-corrected chi connectivity index (χ0v) is 16.1. The highest BCUT2D eigenvalue weighted by atomic mass is 32.1. The maximum Gasteiger partial charge on any atom is 0.325 e. The van der Waals surface area contributed by atoms with Crippen LogP contribution in [0.5, 0.6) is 0 Å². The minimum Gasteiger partial charge on any atom is -0.361 e. The van der Waals surface area contributed by atoms with E-state index in [0.717, 1.165) is 26.2 Å². The highest BCUT2D eigenvalue weighted by molar-refractivity contribution is 7.10. The lowest BCUT2D eigenvalue weighted by molar-refractivity contribution is -0.132. The summed E-state index contributed by atoms with van der Waals surface area (Å²) in [6.45, 7) is 1.58. The van der Waals surface area contributed by atoms with Crippen LogP contribution in [0.15, 0.2) is 48.0 Å². The van der Waals surface area contributed by atoms with Crippen LogP contribution < -0.4 is 10.6 Å². The number of nitrogens with one attached hydrogen (secondary N) is 3. The van der Waals surface area contributed by atoms with Gasteiger partial charge in [-0.25, -0.2) is 4.79 Å². The van der Waals surface area contributed by atoms with Crippen LogP contribution in [0.2, 0.25) is 0 Å². The second-order valence-electron chi connectivity index (χ2n) is 6.79. The molecule has 0 bridgehead atoms. The van der Waals surface area contributed by atoms with E-state index in [1.54, 1.807) is 11.3 Å². The molecule has 0 saturated carbocycles. The third-order valence-corrected chi connectivity index (χ3v) is 5.91. The number of hydrogen-bond donors (Lipinski definition) is 3. The zero-order chi connectivity index (χ0) is 19.7. The summed E-state index contributed by atoms with van der Waals surface area (Å²) in [4.78, 5) is 42.4. The highest BCUT2D eigenvalue weighted by Crippen LogP contribution is 2.21. The molecule has 3 N–H and O–H groups in total. The highest BCUT2D eigenvalue weighted by Gasteiger charge is 2.39. The Morgan fingerprint density at radius 2 is 2.07 bits per heavy atom. The van der Waals surface area contributed by atoms with Gasteiger partial charge in [-0.1, -0.05) is 24.3 Å². The van der Waals surface area contributed by atoms with E-state index in [-0.39, 0.29) is 24.4 Å². The molecule has 0 spiro atoms. The largest absolute Gasteiger partial charge is 0.361 e. The molecule has 4 amide bonds. The summed E-state index contributed by atoms with van der Waals surface area (Å²) >= 11 is 1.54. The van der Waals surface area contributed by atoms with Gasteiger partial charge in [0.05, 0.1) is 6.04 Å². The van der Waals surface area contributed by atoms with E-state index in [1.807, 2.05) is 54.9 Å². The number of nitrogens with zero attached hydrogens (tertiary/aromatic N) is 1. The van der Waals surface area contributed by atoms with Crippen LogP contribution in [0, 0.1) is 0 Å². The predicted octanol–water partition coefficient (Wildman–Crippen LogP) is 2.57. The number of hydrogen-bond acceptors (Lipinski definition) is 4. The molecule has 0 aliphatic carbocycles. The molecule has 1 aliphatic rings. The van der Waals surface area contributed by atoms with Gasteiger partial charge in [0.2, 0.25) is 5.91 Å². The van der Waals surface area contributed by atoms with E-state index in [0.29, 0.717) is 6.42 Å². The first-order chi connectivity index (χ1) is 13.5. The summed E-state index contributed by atoms with van der Waals surface area (Å²) in [7, 11) is 0. The van der Waals surface area contributed by atoms with Crippen molar-refractivity contribution < 1.29 is 14.4 Å². The van der Waals surface area contributed by atoms with Crippen molar-refractivity contribution in [3.05, 3.63) is 58.4 Å². The molecule has 1 aromatic carbocycles. The smallest absolute Gasteiger partial charge is 0.325 e. The average Bonchev–Trinajstić information content (AvgIpc) is 3.40. The Morgan fingerprint density at radius 3 is 2.86 bits per heavy atom. The molecule has 8 heteroatoms. The number of H-pyrrole nitrogens is 1. The minimum absolute atomic E-state index is 0.171. The molecule has 144 valence electrons. The fraction of sp³-hybridized carbons (Fsp3) is 0.250. The fourth-order valence-corrected chi connectivity index (χ4v) is 4.16. The van der Waals surface area contributed by atoms with E-state index < -0.39 is 12.1 Å². The molecule has 2 unspecified atom stereocenters. The van der Waals surface area contributed by atoms with Gasteiger partial charge in [0, 0.05) is 28.4 Å². The normalized spacial score (nSPS) is 17.8. The average molecular weight is 396 g/mol. The SMILES string of the molecule is CC(NC(=O)CN1C(=O)NC(Cc2c[nH]c3ccccc23)C1=O)c1cccs1. The van der Waals surface area contributed by atoms with Crippen LogP contribution in [0.3, 0.4) is 0 Å². The molecule has 28 heavy (non-hydrogen) atoms. The van der Waals surface area contributed by atoms with Gasteiger partial charge < -0.3 is 15.6 Å². The van der Waals surface area contributed by atoms with Crippen molar-refractivity contribution >= 4 is 40.1 Å². The van der Waals surface area contributed by atoms with Crippen molar-refractivity contribution in [2.45, 2.75) is 25.4 Å². The lowest BCUT2D eigenvalue weighted by Crippen LogP contribution is -2.41. The summed E-state index contributed by atoms with van der Waals surface area (Å²) in [5.41, 5.74) is 1.93. The Bertz CT molecular complexity index is 1030. The monoisotopic (exact) mass is 396 g/mol. The van der Waals surface area contributed by atoms with Crippen molar-refractivity contribution in [3.8, 4) is 0 Å². The van der Waals surface area contributed by atoms with Crippen molar-refractivity contribution in [1.82, 2.24) is 20.5 Å². The number of para-hydroxylation sites is 1. The number of fused-ring (bicyclic) bond motifs is 1. The minimum atomic E-state index is -0.672. The van der Waals surface area contributed by atoms with Crippen LogP contribution in [0.1, 0.15) is 23.4 Å². The number of urea groups is 1. The number of aromatic nitrogens is 1. The number of amides is 4. The molecule has 2 aromatic heterocycles. The Hall–Kier alpha value is -3.13. The Labute approximate surface area is 165 Å². The quantitative estimate of drug-likeness (QED) is 0.559. The molecule has 3 aromatic rings. The molecule has 0 radical (unpaired) electrons. The van der Waals surface area contributed by atoms with Crippen molar-refractivity contribution in [3.63, 3.8) is 0 Å². The Kier molecular flexibility index (Phi) is 4.87. The number of aromatic amines is 1.